The lowest BCUT2D eigenvalue weighted by atomic mass is 10.0. The summed E-state index contributed by atoms with van der Waals surface area (Å²) in [5.41, 5.74) is 0. The van der Waals surface area contributed by atoms with Crippen LogP contribution in [0.3, 0.4) is 0 Å². The van der Waals surface area contributed by atoms with E-state index in [1.165, 1.54) is 212 Å². The average molecular weight is 574 g/mol. The number of aryl methyl sites for hydroxylation is 2. The van der Waals surface area contributed by atoms with Crippen molar-refractivity contribution in [2.24, 2.45) is 0 Å². The van der Waals surface area contributed by atoms with E-state index < -0.39 is 0 Å². The normalized spacial score (nSPS) is 11.6. The zero-order valence-electron chi connectivity index (χ0n) is 28.9. The molecule has 1 heterocycles. The number of rotatable bonds is 33. The summed E-state index contributed by atoms with van der Waals surface area (Å²) in [6.45, 7) is 9.40. The first-order valence-corrected chi connectivity index (χ1v) is 19.4. The minimum Gasteiger partial charge on any atom is -0.234 e. The Balaban J connectivity index is 2.27. The monoisotopic (exact) mass is 574 g/mol. The van der Waals surface area contributed by atoms with Crippen molar-refractivity contribution in [2.75, 3.05) is 0 Å². The molecular weight excluding hydrogens is 496 g/mol. The number of imidazole rings is 1. The number of nitrogens with zero attached hydrogens (tertiary/aromatic N) is 2. The number of unbranched alkanes of at least 4 members (excludes halogenated alkanes) is 27. The van der Waals surface area contributed by atoms with Gasteiger partial charge in [0.2, 0.25) is 0 Å². The van der Waals surface area contributed by atoms with E-state index in [1.807, 2.05) is 0 Å². The summed E-state index contributed by atoms with van der Waals surface area (Å²) < 4.78 is 5.26. The van der Waals surface area contributed by atoms with Gasteiger partial charge in [-0.15, -0.1) is 0 Å². The minimum atomic E-state index is 1.23. The van der Waals surface area contributed by atoms with Crippen LogP contribution in [0.4, 0.5) is 0 Å². The first-order valence-electron chi connectivity index (χ1n) is 19.4. The molecule has 0 N–H and O–H groups in total. The van der Waals surface area contributed by atoms with Crippen molar-refractivity contribution in [3.05, 3.63) is 18.2 Å². The molecule has 1 aromatic heterocycles. The lowest BCUT2D eigenvalue weighted by molar-refractivity contribution is -0.704. The summed E-state index contributed by atoms with van der Waals surface area (Å²) in [6, 6.07) is 0. The van der Waals surface area contributed by atoms with E-state index in [9.17, 15) is 0 Å². The van der Waals surface area contributed by atoms with Crippen LogP contribution in [0.5, 0.6) is 0 Å². The van der Waals surface area contributed by atoms with Crippen LogP contribution in [0, 0.1) is 0 Å². The zero-order valence-corrected chi connectivity index (χ0v) is 28.9. The molecular formula is C39H77N2+. The molecule has 0 amide bonds. The molecule has 2 heteroatoms. The van der Waals surface area contributed by atoms with E-state index in [-0.39, 0.29) is 0 Å². The standard InChI is InChI=1S/C39H77N2/c1-4-7-10-13-16-18-19-20-21-22-23-25-28-31-34-39-40(35-32-29-26-15-12-9-6-3)37-38-41(39)36-33-30-27-24-17-14-11-8-5-2/h37-38H,4-36H2,1-3H3/q+1. The maximum Gasteiger partial charge on any atom is 0.256 e. The van der Waals surface area contributed by atoms with Gasteiger partial charge in [-0.05, 0) is 32.1 Å². The summed E-state index contributed by atoms with van der Waals surface area (Å²) in [7, 11) is 0. The minimum absolute atomic E-state index is 1.23. The largest absolute Gasteiger partial charge is 0.256 e. The average Bonchev–Trinajstić information content (AvgIpc) is 3.37. The van der Waals surface area contributed by atoms with Gasteiger partial charge in [-0.1, -0.05) is 181 Å². The van der Waals surface area contributed by atoms with Gasteiger partial charge in [0.1, 0.15) is 12.4 Å². The van der Waals surface area contributed by atoms with Crippen LogP contribution >= 0.6 is 0 Å². The van der Waals surface area contributed by atoms with Crippen molar-refractivity contribution in [3.8, 4) is 0 Å². The maximum absolute atomic E-state index is 2.63. The highest BCUT2D eigenvalue weighted by atomic mass is 15.1. The molecule has 0 bridgehead atoms. The molecule has 0 saturated heterocycles. The van der Waals surface area contributed by atoms with Gasteiger partial charge >= 0.3 is 0 Å². The highest BCUT2D eigenvalue weighted by molar-refractivity contribution is 4.84. The molecule has 242 valence electrons. The quantitative estimate of drug-likeness (QED) is 0.0584. The molecule has 0 aromatic carbocycles. The van der Waals surface area contributed by atoms with Gasteiger partial charge in [0.15, 0.2) is 0 Å². The Bertz CT molecular complexity index is 634. The van der Waals surface area contributed by atoms with E-state index >= 15 is 0 Å². The van der Waals surface area contributed by atoms with Gasteiger partial charge < -0.3 is 0 Å². The molecule has 0 unspecified atom stereocenters. The van der Waals surface area contributed by atoms with Crippen LogP contribution < -0.4 is 4.57 Å². The Morgan fingerprint density at radius 2 is 0.756 bits per heavy atom. The summed E-state index contributed by atoms with van der Waals surface area (Å²) in [5, 5.41) is 0. The summed E-state index contributed by atoms with van der Waals surface area (Å²) in [6.07, 6.45) is 48.9. The SMILES string of the molecule is CCCCCCCCCCCCCCCCc1n(CCCCCCCCCCC)cc[n+]1CCCCCCCCC. The highest BCUT2D eigenvalue weighted by Crippen LogP contribution is 2.15. The van der Waals surface area contributed by atoms with Crippen molar-refractivity contribution < 1.29 is 4.57 Å². The van der Waals surface area contributed by atoms with Crippen LogP contribution in [0.1, 0.15) is 219 Å². The molecule has 1 rings (SSSR count). The third-order valence-corrected chi connectivity index (χ3v) is 9.35. The van der Waals surface area contributed by atoms with Gasteiger partial charge in [-0.3, -0.25) is 0 Å². The van der Waals surface area contributed by atoms with E-state index in [0.717, 1.165) is 0 Å². The van der Waals surface area contributed by atoms with Crippen LogP contribution in [-0.2, 0) is 19.5 Å². The van der Waals surface area contributed by atoms with Crippen LogP contribution in [0.2, 0.25) is 0 Å². The molecule has 0 saturated carbocycles. The highest BCUT2D eigenvalue weighted by Gasteiger charge is 2.16. The number of hydrogen-bond donors (Lipinski definition) is 0. The Morgan fingerprint density at radius 1 is 0.415 bits per heavy atom. The molecule has 0 aliphatic carbocycles. The Kier molecular flexibility index (Phi) is 28.6. The molecule has 2 nitrogen and oxygen atoms in total. The summed E-state index contributed by atoms with van der Waals surface area (Å²) in [5.74, 6) is 1.62. The van der Waals surface area contributed by atoms with E-state index in [0.29, 0.717) is 0 Å². The smallest absolute Gasteiger partial charge is 0.234 e. The van der Waals surface area contributed by atoms with Gasteiger partial charge in [0, 0.05) is 6.42 Å². The molecule has 41 heavy (non-hydrogen) atoms. The van der Waals surface area contributed by atoms with Crippen LogP contribution in [0.25, 0.3) is 0 Å². The van der Waals surface area contributed by atoms with Gasteiger partial charge in [0.25, 0.3) is 5.82 Å². The molecule has 0 fully saturated rings. The number of aromatic nitrogens is 2. The lowest BCUT2D eigenvalue weighted by Crippen LogP contribution is -2.37. The Labute approximate surface area is 259 Å². The summed E-state index contributed by atoms with van der Waals surface area (Å²) in [4.78, 5) is 0. The van der Waals surface area contributed by atoms with Crippen molar-refractivity contribution in [1.82, 2.24) is 4.57 Å². The lowest BCUT2D eigenvalue weighted by Gasteiger charge is -2.07. The van der Waals surface area contributed by atoms with Crippen LogP contribution in [0.15, 0.2) is 12.4 Å². The van der Waals surface area contributed by atoms with Gasteiger partial charge in [-0.25, -0.2) is 9.13 Å². The van der Waals surface area contributed by atoms with Gasteiger partial charge in [0.05, 0.1) is 13.1 Å². The molecule has 0 atom stereocenters. The fraction of sp³-hybridized carbons (Fsp3) is 0.923. The fourth-order valence-corrected chi connectivity index (χ4v) is 6.50. The Morgan fingerprint density at radius 3 is 1.17 bits per heavy atom. The third kappa shape index (κ3) is 23.4. The van der Waals surface area contributed by atoms with Gasteiger partial charge in [-0.2, -0.15) is 0 Å². The first kappa shape index (κ1) is 38.2. The van der Waals surface area contributed by atoms with E-state index in [4.69, 9.17) is 0 Å². The predicted octanol–water partition coefficient (Wildman–Crippen LogP) is 13.1. The fourth-order valence-electron chi connectivity index (χ4n) is 6.50. The number of hydrogen-bond acceptors (Lipinski definition) is 0. The second kappa shape index (κ2) is 30.7. The molecule has 0 spiro atoms. The van der Waals surface area contributed by atoms with Crippen molar-refractivity contribution in [1.29, 1.82) is 0 Å². The molecule has 0 aliphatic heterocycles. The summed E-state index contributed by atoms with van der Waals surface area (Å²) >= 11 is 0. The molecule has 1 aromatic rings. The maximum atomic E-state index is 2.63. The van der Waals surface area contributed by atoms with Crippen LogP contribution in [-0.4, -0.2) is 4.57 Å². The van der Waals surface area contributed by atoms with Crippen molar-refractivity contribution in [3.63, 3.8) is 0 Å². The van der Waals surface area contributed by atoms with Crippen molar-refractivity contribution in [2.45, 2.75) is 233 Å². The van der Waals surface area contributed by atoms with E-state index in [2.05, 4.69) is 42.3 Å². The molecule has 0 aliphatic rings. The predicted molar refractivity (Wildman–Crippen MR) is 184 cm³/mol. The molecule has 0 radical (unpaired) electrons. The first-order chi connectivity index (χ1) is 20.3. The van der Waals surface area contributed by atoms with Crippen molar-refractivity contribution >= 4 is 0 Å². The Hall–Kier alpha value is -0.790. The van der Waals surface area contributed by atoms with E-state index in [1.54, 1.807) is 5.82 Å². The second-order valence-electron chi connectivity index (χ2n) is 13.4. The zero-order chi connectivity index (χ0) is 29.5. The topological polar surface area (TPSA) is 8.81 Å². The second-order valence-corrected chi connectivity index (χ2v) is 13.4. The third-order valence-electron chi connectivity index (χ3n) is 9.35.